The van der Waals surface area contributed by atoms with Crippen LogP contribution in [-0.4, -0.2) is 65.8 Å². The number of hydrogen-bond acceptors (Lipinski definition) is 5. The van der Waals surface area contributed by atoms with Crippen LogP contribution < -0.4 is 4.90 Å². The van der Waals surface area contributed by atoms with E-state index in [0.717, 1.165) is 32.4 Å². The van der Waals surface area contributed by atoms with Crippen molar-refractivity contribution in [1.29, 1.82) is 0 Å². The van der Waals surface area contributed by atoms with Crippen LogP contribution in [0.1, 0.15) is 40.0 Å². The number of nitro groups is 1. The molecule has 32 heavy (non-hydrogen) atoms. The monoisotopic (exact) mass is 440 g/mol. The third-order valence-electron chi connectivity index (χ3n) is 6.08. The molecular weight excluding hydrogens is 415 g/mol. The van der Waals surface area contributed by atoms with Gasteiger partial charge in [-0.3, -0.25) is 19.7 Å². The molecule has 8 nitrogen and oxygen atoms in total. The summed E-state index contributed by atoms with van der Waals surface area (Å²) in [7, 11) is 0. The molecule has 0 aliphatic carbocycles. The van der Waals surface area contributed by atoms with Crippen LogP contribution in [0, 0.1) is 15.9 Å². The summed E-state index contributed by atoms with van der Waals surface area (Å²) in [5, 5.41) is 11.3. The van der Waals surface area contributed by atoms with Crippen LogP contribution in [0.4, 0.5) is 15.8 Å². The Morgan fingerprint density at radius 3 is 2.00 bits per heavy atom. The maximum Gasteiger partial charge on any atom is 0.270 e. The SMILES string of the molecule is O=C(c1ccccc1F)N1CCN(C(=O)c2cc([N+](=O)[O-])ccc2N2CCCCC2)CC1. The Bertz CT molecular complexity index is 1030. The molecule has 2 aromatic carbocycles. The highest BCUT2D eigenvalue weighted by Gasteiger charge is 2.29. The number of amides is 2. The molecule has 2 saturated heterocycles. The molecular formula is C23H25FN4O4. The maximum atomic E-state index is 14.0. The minimum absolute atomic E-state index is 0.0124. The summed E-state index contributed by atoms with van der Waals surface area (Å²) in [5.74, 6) is -1.26. The normalized spacial score (nSPS) is 16.7. The predicted molar refractivity (Wildman–Crippen MR) is 117 cm³/mol. The van der Waals surface area contributed by atoms with Crippen LogP contribution in [0.5, 0.6) is 0 Å². The number of non-ortho nitro benzene ring substituents is 1. The number of nitrogens with zero attached hydrogens (tertiary/aromatic N) is 4. The van der Waals surface area contributed by atoms with E-state index in [2.05, 4.69) is 4.90 Å². The number of anilines is 1. The lowest BCUT2D eigenvalue weighted by Crippen LogP contribution is -2.51. The van der Waals surface area contributed by atoms with Crippen molar-refractivity contribution in [2.24, 2.45) is 0 Å². The summed E-state index contributed by atoms with van der Waals surface area (Å²) in [6, 6.07) is 10.3. The first-order valence-electron chi connectivity index (χ1n) is 10.8. The zero-order valence-corrected chi connectivity index (χ0v) is 17.7. The number of carbonyl (C=O) groups is 2. The van der Waals surface area contributed by atoms with Gasteiger partial charge in [0, 0.05) is 51.4 Å². The van der Waals surface area contributed by atoms with Gasteiger partial charge in [0.1, 0.15) is 5.82 Å². The van der Waals surface area contributed by atoms with Gasteiger partial charge in [-0.05, 0) is 37.5 Å². The fraction of sp³-hybridized carbons (Fsp3) is 0.391. The lowest BCUT2D eigenvalue weighted by atomic mass is 10.0. The topological polar surface area (TPSA) is 87.0 Å². The highest BCUT2D eigenvalue weighted by molar-refractivity contribution is 6.01. The van der Waals surface area contributed by atoms with E-state index in [1.165, 1.54) is 35.2 Å². The number of halogens is 1. The van der Waals surface area contributed by atoms with Gasteiger partial charge in [-0.2, -0.15) is 0 Å². The van der Waals surface area contributed by atoms with Gasteiger partial charge in [0.25, 0.3) is 17.5 Å². The molecule has 0 aromatic heterocycles. The molecule has 4 rings (SSSR count). The highest BCUT2D eigenvalue weighted by atomic mass is 19.1. The summed E-state index contributed by atoms with van der Waals surface area (Å²) >= 11 is 0. The number of nitro benzene ring substituents is 1. The molecule has 2 aromatic rings. The summed E-state index contributed by atoms with van der Waals surface area (Å²) in [5.41, 5.74) is 0.918. The Morgan fingerprint density at radius 1 is 0.812 bits per heavy atom. The second-order valence-corrected chi connectivity index (χ2v) is 8.07. The van der Waals surface area contributed by atoms with Gasteiger partial charge in [-0.1, -0.05) is 12.1 Å². The van der Waals surface area contributed by atoms with Crippen LogP contribution in [0.2, 0.25) is 0 Å². The van der Waals surface area contributed by atoms with Crippen molar-refractivity contribution in [2.45, 2.75) is 19.3 Å². The molecule has 2 aliphatic heterocycles. The number of benzene rings is 2. The van der Waals surface area contributed by atoms with Crippen LogP contribution in [-0.2, 0) is 0 Å². The average molecular weight is 440 g/mol. The van der Waals surface area contributed by atoms with E-state index in [4.69, 9.17) is 0 Å². The Balaban J connectivity index is 1.51. The van der Waals surface area contributed by atoms with E-state index in [1.54, 1.807) is 17.0 Å². The van der Waals surface area contributed by atoms with Gasteiger partial charge in [-0.25, -0.2) is 4.39 Å². The third-order valence-corrected chi connectivity index (χ3v) is 6.08. The van der Waals surface area contributed by atoms with Crippen LogP contribution in [0.15, 0.2) is 42.5 Å². The largest absolute Gasteiger partial charge is 0.371 e. The van der Waals surface area contributed by atoms with Gasteiger partial charge < -0.3 is 14.7 Å². The second kappa shape index (κ2) is 9.33. The Hall–Kier alpha value is -3.49. The summed E-state index contributed by atoms with van der Waals surface area (Å²) in [6.45, 7) is 2.72. The van der Waals surface area contributed by atoms with Crippen molar-refractivity contribution in [3.05, 3.63) is 69.5 Å². The molecule has 0 N–H and O–H groups in total. The predicted octanol–water partition coefficient (Wildman–Crippen LogP) is 3.32. The average Bonchev–Trinajstić information content (AvgIpc) is 2.83. The first-order chi connectivity index (χ1) is 15.5. The first kappa shape index (κ1) is 21.7. The zero-order chi connectivity index (χ0) is 22.7. The van der Waals surface area contributed by atoms with E-state index >= 15 is 0 Å². The van der Waals surface area contributed by atoms with Gasteiger partial charge in [-0.15, -0.1) is 0 Å². The first-order valence-corrected chi connectivity index (χ1v) is 10.8. The van der Waals surface area contributed by atoms with Crippen LogP contribution in [0.3, 0.4) is 0 Å². The highest BCUT2D eigenvalue weighted by Crippen LogP contribution is 2.29. The third kappa shape index (κ3) is 4.42. The summed E-state index contributed by atoms with van der Waals surface area (Å²) in [4.78, 5) is 42.1. The standard InChI is InChI=1S/C23H25FN4O4/c24-20-7-3-2-6-18(20)22(29)26-12-14-27(15-13-26)23(30)19-16-17(28(31)32)8-9-21(19)25-10-4-1-5-11-25/h2-3,6-9,16H,1,4-5,10-15H2. The minimum atomic E-state index is -0.571. The van der Waals surface area contributed by atoms with Gasteiger partial charge >= 0.3 is 0 Å². The van der Waals surface area contributed by atoms with Crippen molar-refractivity contribution < 1.29 is 18.9 Å². The second-order valence-electron chi connectivity index (χ2n) is 8.07. The van der Waals surface area contributed by atoms with Crippen molar-refractivity contribution in [1.82, 2.24) is 9.80 Å². The van der Waals surface area contributed by atoms with E-state index in [9.17, 15) is 24.1 Å². The van der Waals surface area contributed by atoms with E-state index in [-0.39, 0.29) is 43.3 Å². The minimum Gasteiger partial charge on any atom is -0.371 e. The Kier molecular flexibility index (Phi) is 6.34. The fourth-order valence-corrected chi connectivity index (χ4v) is 4.31. The molecule has 0 unspecified atom stereocenters. The zero-order valence-electron chi connectivity index (χ0n) is 17.7. The number of carbonyl (C=O) groups excluding carboxylic acids is 2. The van der Waals surface area contributed by atoms with Crippen molar-refractivity contribution in [3.63, 3.8) is 0 Å². The molecule has 0 bridgehead atoms. The molecule has 2 amide bonds. The smallest absolute Gasteiger partial charge is 0.270 e. The molecule has 2 heterocycles. The van der Waals surface area contributed by atoms with E-state index in [0.29, 0.717) is 11.3 Å². The quantitative estimate of drug-likeness (QED) is 0.538. The van der Waals surface area contributed by atoms with Crippen LogP contribution >= 0.6 is 0 Å². The molecule has 0 atom stereocenters. The number of piperazine rings is 1. The molecule has 168 valence electrons. The van der Waals surface area contributed by atoms with Gasteiger partial charge in [0.2, 0.25) is 0 Å². The van der Waals surface area contributed by atoms with Crippen molar-refractivity contribution in [2.75, 3.05) is 44.2 Å². The number of piperidine rings is 1. The molecule has 0 radical (unpaired) electrons. The molecule has 0 saturated carbocycles. The molecule has 2 aliphatic rings. The van der Waals surface area contributed by atoms with Crippen molar-refractivity contribution in [3.8, 4) is 0 Å². The van der Waals surface area contributed by atoms with E-state index < -0.39 is 16.6 Å². The lowest BCUT2D eigenvalue weighted by molar-refractivity contribution is -0.384. The number of hydrogen-bond donors (Lipinski definition) is 0. The van der Waals surface area contributed by atoms with Gasteiger partial charge in [0.05, 0.1) is 21.7 Å². The fourth-order valence-electron chi connectivity index (χ4n) is 4.31. The summed E-state index contributed by atoms with van der Waals surface area (Å²) in [6.07, 6.45) is 3.16. The van der Waals surface area contributed by atoms with Crippen LogP contribution in [0.25, 0.3) is 0 Å². The maximum absolute atomic E-state index is 14.0. The summed E-state index contributed by atoms with van der Waals surface area (Å²) < 4.78 is 14.0. The molecule has 0 spiro atoms. The van der Waals surface area contributed by atoms with Gasteiger partial charge in [0.15, 0.2) is 0 Å². The molecule has 9 heteroatoms. The Morgan fingerprint density at radius 2 is 1.41 bits per heavy atom. The lowest BCUT2D eigenvalue weighted by Gasteiger charge is -2.36. The Labute approximate surface area is 185 Å². The van der Waals surface area contributed by atoms with E-state index in [1.807, 2.05) is 0 Å². The molecule has 2 fully saturated rings. The van der Waals surface area contributed by atoms with Crippen molar-refractivity contribution >= 4 is 23.2 Å². The number of rotatable bonds is 4.